The fourth-order valence-corrected chi connectivity index (χ4v) is 0.717. The summed E-state index contributed by atoms with van der Waals surface area (Å²) in [7, 11) is 0. The molecule has 0 spiro atoms. The number of aliphatic hydroxyl groups excluding tert-OH is 1. The molecule has 1 N–H and O–H groups in total. The molecule has 0 fully saturated rings. The smallest absolute Gasteiger partial charge is 0.220 e. The molecule has 0 radical (unpaired) electrons. The van der Waals surface area contributed by atoms with Crippen molar-refractivity contribution in [2.45, 2.75) is 20.1 Å². The molecule has 2 heteroatoms. The lowest BCUT2D eigenvalue weighted by Crippen LogP contribution is -2.04. The molecule has 0 aromatic heterocycles. The van der Waals surface area contributed by atoms with Gasteiger partial charge in [-0.2, -0.15) is 0 Å². The molecule has 1 rings (SSSR count). The number of hydrogen-bond acceptors (Lipinski definition) is 2. The van der Waals surface area contributed by atoms with Gasteiger partial charge in [-0.1, -0.05) is 6.58 Å². The van der Waals surface area contributed by atoms with Crippen LogP contribution in [-0.4, -0.2) is 11.4 Å². The minimum absolute atomic E-state index is 0.583. The highest BCUT2D eigenvalue weighted by molar-refractivity contribution is 5.32. The van der Waals surface area contributed by atoms with Gasteiger partial charge in [0.2, 0.25) is 6.29 Å². The molecule has 0 amide bonds. The number of ether oxygens (including phenoxy) is 1. The van der Waals surface area contributed by atoms with E-state index in [1.54, 1.807) is 0 Å². The first-order valence-corrected chi connectivity index (χ1v) is 2.84. The number of aliphatic hydroxyl groups is 1. The van der Waals surface area contributed by atoms with E-state index in [0.29, 0.717) is 5.76 Å². The van der Waals surface area contributed by atoms with Crippen molar-refractivity contribution >= 4 is 0 Å². The molecule has 1 aliphatic rings. The van der Waals surface area contributed by atoms with Gasteiger partial charge in [0.1, 0.15) is 5.76 Å². The van der Waals surface area contributed by atoms with Gasteiger partial charge in [0.25, 0.3) is 0 Å². The van der Waals surface area contributed by atoms with Crippen molar-refractivity contribution in [2.24, 2.45) is 0 Å². The summed E-state index contributed by atoms with van der Waals surface area (Å²) in [5, 5.41) is 9.00. The summed E-state index contributed by atoms with van der Waals surface area (Å²) in [4.78, 5) is 0. The van der Waals surface area contributed by atoms with Gasteiger partial charge < -0.3 is 9.84 Å². The SMILES string of the molecule is C=C1OC(O)C(C)=C1C. The molecule has 1 heterocycles. The molecular formula is C7H10O2. The van der Waals surface area contributed by atoms with Gasteiger partial charge >= 0.3 is 0 Å². The van der Waals surface area contributed by atoms with Crippen LogP contribution in [0.5, 0.6) is 0 Å². The van der Waals surface area contributed by atoms with Gasteiger partial charge in [0, 0.05) is 5.57 Å². The van der Waals surface area contributed by atoms with Crippen LogP contribution in [0.4, 0.5) is 0 Å². The Hall–Kier alpha value is -0.760. The van der Waals surface area contributed by atoms with E-state index in [1.807, 2.05) is 13.8 Å². The lowest BCUT2D eigenvalue weighted by molar-refractivity contribution is -0.0178. The maximum absolute atomic E-state index is 9.00. The summed E-state index contributed by atoms with van der Waals surface area (Å²) >= 11 is 0. The molecule has 0 aliphatic carbocycles. The van der Waals surface area contributed by atoms with E-state index in [2.05, 4.69) is 6.58 Å². The number of allylic oxidation sites excluding steroid dienone is 1. The Labute approximate surface area is 54.5 Å². The van der Waals surface area contributed by atoms with Gasteiger partial charge in [-0.05, 0) is 19.4 Å². The molecule has 0 aromatic rings. The first-order valence-electron chi connectivity index (χ1n) is 2.84. The van der Waals surface area contributed by atoms with Crippen molar-refractivity contribution < 1.29 is 9.84 Å². The molecule has 0 aromatic carbocycles. The summed E-state index contributed by atoms with van der Waals surface area (Å²) in [5.74, 6) is 0.583. The Morgan fingerprint density at radius 1 is 1.56 bits per heavy atom. The Morgan fingerprint density at radius 3 is 2.22 bits per heavy atom. The van der Waals surface area contributed by atoms with E-state index in [0.717, 1.165) is 11.1 Å². The molecule has 0 saturated carbocycles. The average molecular weight is 126 g/mol. The largest absolute Gasteiger partial charge is 0.462 e. The second kappa shape index (κ2) is 1.88. The van der Waals surface area contributed by atoms with Crippen molar-refractivity contribution in [3.63, 3.8) is 0 Å². The van der Waals surface area contributed by atoms with Crippen LogP contribution in [0.3, 0.4) is 0 Å². The summed E-state index contributed by atoms with van der Waals surface area (Å²) in [6.45, 7) is 7.31. The molecule has 1 atom stereocenters. The van der Waals surface area contributed by atoms with Crippen LogP contribution in [0.2, 0.25) is 0 Å². The molecule has 2 nitrogen and oxygen atoms in total. The zero-order chi connectivity index (χ0) is 7.02. The van der Waals surface area contributed by atoms with Gasteiger partial charge in [-0.3, -0.25) is 0 Å². The van der Waals surface area contributed by atoms with E-state index in [4.69, 9.17) is 9.84 Å². The Morgan fingerprint density at radius 2 is 2.11 bits per heavy atom. The van der Waals surface area contributed by atoms with Crippen LogP contribution in [0, 0.1) is 0 Å². The maximum atomic E-state index is 9.00. The zero-order valence-corrected chi connectivity index (χ0v) is 5.64. The van der Waals surface area contributed by atoms with Gasteiger partial charge in [-0.25, -0.2) is 0 Å². The quantitative estimate of drug-likeness (QED) is 0.528. The van der Waals surface area contributed by atoms with Crippen molar-refractivity contribution in [1.82, 2.24) is 0 Å². The van der Waals surface area contributed by atoms with Gasteiger partial charge in [0.05, 0.1) is 0 Å². The highest BCUT2D eigenvalue weighted by Crippen LogP contribution is 2.26. The minimum Gasteiger partial charge on any atom is -0.462 e. The van der Waals surface area contributed by atoms with Crippen LogP contribution in [0.25, 0.3) is 0 Å². The molecule has 50 valence electrons. The zero-order valence-electron chi connectivity index (χ0n) is 5.64. The van der Waals surface area contributed by atoms with E-state index >= 15 is 0 Å². The first kappa shape index (κ1) is 6.36. The van der Waals surface area contributed by atoms with Crippen LogP contribution >= 0.6 is 0 Å². The van der Waals surface area contributed by atoms with E-state index < -0.39 is 6.29 Å². The molecule has 0 saturated heterocycles. The molecule has 9 heavy (non-hydrogen) atoms. The van der Waals surface area contributed by atoms with Crippen molar-refractivity contribution in [3.05, 3.63) is 23.5 Å². The van der Waals surface area contributed by atoms with E-state index in [-0.39, 0.29) is 0 Å². The second-order valence-corrected chi connectivity index (χ2v) is 2.20. The van der Waals surface area contributed by atoms with Crippen molar-refractivity contribution in [2.75, 3.05) is 0 Å². The topological polar surface area (TPSA) is 29.5 Å². The lowest BCUT2D eigenvalue weighted by Gasteiger charge is -2.02. The predicted octanol–water partition coefficient (Wildman–Crippen LogP) is 1.19. The summed E-state index contributed by atoms with van der Waals surface area (Å²) < 4.78 is 4.87. The summed E-state index contributed by atoms with van der Waals surface area (Å²) in [5.41, 5.74) is 1.82. The fraction of sp³-hybridized carbons (Fsp3) is 0.429. The highest BCUT2D eigenvalue weighted by atomic mass is 16.6. The predicted molar refractivity (Wildman–Crippen MR) is 34.6 cm³/mol. The van der Waals surface area contributed by atoms with Crippen LogP contribution in [0.15, 0.2) is 23.5 Å². The van der Waals surface area contributed by atoms with Crippen molar-refractivity contribution in [3.8, 4) is 0 Å². The molecule has 0 bridgehead atoms. The first-order chi connectivity index (χ1) is 4.13. The normalized spacial score (nSPS) is 27.0. The fourth-order valence-electron chi connectivity index (χ4n) is 0.717. The number of hydrogen-bond donors (Lipinski definition) is 1. The van der Waals surface area contributed by atoms with E-state index in [9.17, 15) is 0 Å². The Kier molecular flexibility index (Phi) is 1.33. The maximum Gasteiger partial charge on any atom is 0.220 e. The minimum atomic E-state index is -0.752. The van der Waals surface area contributed by atoms with Gasteiger partial charge in [-0.15, -0.1) is 0 Å². The van der Waals surface area contributed by atoms with Crippen LogP contribution in [-0.2, 0) is 4.74 Å². The number of rotatable bonds is 0. The summed E-state index contributed by atoms with van der Waals surface area (Å²) in [6, 6.07) is 0. The average Bonchev–Trinajstić information content (AvgIpc) is 1.98. The summed E-state index contributed by atoms with van der Waals surface area (Å²) in [6.07, 6.45) is -0.752. The second-order valence-electron chi connectivity index (χ2n) is 2.20. The lowest BCUT2D eigenvalue weighted by atomic mass is 10.2. The van der Waals surface area contributed by atoms with Crippen LogP contribution < -0.4 is 0 Å². The highest BCUT2D eigenvalue weighted by Gasteiger charge is 2.20. The Bertz CT molecular complexity index is 179. The third-order valence-electron chi connectivity index (χ3n) is 1.63. The standard InChI is InChI=1S/C7H10O2/c1-4-5(2)7(8)9-6(4)3/h7-8H,3H2,1-2H3. The third-order valence-corrected chi connectivity index (χ3v) is 1.63. The van der Waals surface area contributed by atoms with E-state index in [1.165, 1.54) is 0 Å². The molecule has 1 unspecified atom stereocenters. The Balaban J connectivity index is 2.92. The third kappa shape index (κ3) is 0.856. The van der Waals surface area contributed by atoms with Crippen molar-refractivity contribution in [1.29, 1.82) is 0 Å². The van der Waals surface area contributed by atoms with Crippen LogP contribution in [0.1, 0.15) is 13.8 Å². The molecule has 1 aliphatic heterocycles. The monoisotopic (exact) mass is 126 g/mol. The van der Waals surface area contributed by atoms with Gasteiger partial charge in [0.15, 0.2) is 0 Å². The molecular weight excluding hydrogens is 116 g/mol.